The lowest BCUT2D eigenvalue weighted by atomic mass is 10.1. The van der Waals surface area contributed by atoms with Crippen molar-refractivity contribution in [1.29, 1.82) is 5.26 Å². The van der Waals surface area contributed by atoms with Crippen LogP contribution in [0.4, 0.5) is 11.4 Å². The first-order valence-electron chi connectivity index (χ1n) is 6.19. The van der Waals surface area contributed by atoms with Gasteiger partial charge in [0.2, 0.25) is 0 Å². The largest absolute Gasteiger partial charge is 0.496 e. The first-order chi connectivity index (χ1) is 10.5. The van der Waals surface area contributed by atoms with Crippen molar-refractivity contribution in [2.45, 2.75) is 0 Å². The second-order valence-electron chi connectivity index (χ2n) is 4.29. The van der Waals surface area contributed by atoms with Gasteiger partial charge in [0.05, 0.1) is 29.2 Å². The third-order valence-electron chi connectivity index (χ3n) is 2.89. The zero-order valence-electron chi connectivity index (χ0n) is 11.6. The number of amides is 1. The molecule has 7 nitrogen and oxygen atoms in total. The molecule has 0 spiro atoms. The van der Waals surface area contributed by atoms with E-state index in [2.05, 4.69) is 5.32 Å². The number of carbonyl (C=O) groups is 1. The fourth-order valence-electron chi connectivity index (χ4n) is 1.85. The zero-order chi connectivity index (χ0) is 16.1. The molecule has 22 heavy (non-hydrogen) atoms. The van der Waals surface area contributed by atoms with Gasteiger partial charge in [0, 0.05) is 17.8 Å². The quantitative estimate of drug-likeness (QED) is 0.690. The highest BCUT2D eigenvalue weighted by Gasteiger charge is 2.17. The molecule has 1 amide bonds. The van der Waals surface area contributed by atoms with Gasteiger partial charge in [-0.05, 0) is 24.3 Å². The number of non-ortho nitro benzene ring substituents is 1. The van der Waals surface area contributed by atoms with Gasteiger partial charge in [-0.15, -0.1) is 0 Å². The van der Waals surface area contributed by atoms with Gasteiger partial charge in [0.25, 0.3) is 11.6 Å². The number of methoxy groups -OCH3 is 1. The molecule has 0 aliphatic carbocycles. The van der Waals surface area contributed by atoms with Crippen molar-refractivity contribution in [3.8, 4) is 11.8 Å². The van der Waals surface area contributed by atoms with Gasteiger partial charge in [-0.3, -0.25) is 14.9 Å². The van der Waals surface area contributed by atoms with Crippen LogP contribution in [-0.2, 0) is 0 Å². The molecule has 0 unspecified atom stereocenters. The first kappa shape index (κ1) is 15.0. The average Bonchev–Trinajstić information content (AvgIpc) is 2.54. The van der Waals surface area contributed by atoms with Gasteiger partial charge < -0.3 is 10.1 Å². The van der Waals surface area contributed by atoms with Crippen LogP contribution < -0.4 is 10.1 Å². The van der Waals surface area contributed by atoms with E-state index < -0.39 is 10.8 Å². The number of rotatable bonds is 4. The Morgan fingerprint density at radius 3 is 2.73 bits per heavy atom. The van der Waals surface area contributed by atoms with Crippen molar-refractivity contribution in [3.63, 3.8) is 0 Å². The fourth-order valence-corrected chi connectivity index (χ4v) is 1.85. The summed E-state index contributed by atoms with van der Waals surface area (Å²) in [6.45, 7) is 0. The van der Waals surface area contributed by atoms with E-state index in [0.29, 0.717) is 11.3 Å². The number of nitro benzene ring substituents is 1. The van der Waals surface area contributed by atoms with Crippen LogP contribution in [0.3, 0.4) is 0 Å². The zero-order valence-corrected chi connectivity index (χ0v) is 11.6. The van der Waals surface area contributed by atoms with Crippen LogP contribution in [0.25, 0.3) is 0 Å². The number of hydrogen-bond donors (Lipinski definition) is 1. The van der Waals surface area contributed by atoms with E-state index in [1.54, 1.807) is 18.2 Å². The van der Waals surface area contributed by atoms with E-state index in [9.17, 15) is 14.9 Å². The van der Waals surface area contributed by atoms with Crippen LogP contribution in [-0.4, -0.2) is 17.9 Å². The van der Waals surface area contributed by atoms with Crippen LogP contribution >= 0.6 is 0 Å². The van der Waals surface area contributed by atoms with E-state index in [4.69, 9.17) is 10.00 Å². The smallest absolute Gasteiger partial charge is 0.270 e. The molecule has 0 saturated carbocycles. The lowest BCUT2D eigenvalue weighted by Crippen LogP contribution is -2.13. The van der Waals surface area contributed by atoms with Crippen molar-refractivity contribution in [3.05, 3.63) is 63.7 Å². The number of nitriles is 1. The summed E-state index contributed by atoms with van der Waals surface area (Å²) in [6.07, 6.45) is 0. The topological polar surface area (TPSA) is 105 Å². The minimum Gasteiger partial charge on any atom is -0.496 e. The summed E-state index contributed by atoms with van der Waals surface area (Å²) >= 11 is 0. The molecule has 0 saturated heterocycles. The van der Waals surface area contributed by atoms with Crippen LogP contribution in [0.1, 0.15) is 15.9 Å². The molecule has 2 aromatic rings. The van der Waals surface area contributed by atoms with Crippen LogP contribution in [0.15, 0.2) is 42.5 Å². The number of benzene rings is 2. The Bertz CT molecular complexity index is 781. The lowest BCUT2D eigenvalue weighted by molar-refractivity contribution is -0.384. The Kier molecular flexibility index (Phi) is 4.34. The molecular formula is C15H11N3O4. The summed E-state index contributed by atoms with van der Waals surface area (Å²) in [7, 11) is 1.37. The van der Waals surface area contributed by atoms with Crippen LogP contribution in [0.5, 0.6) is 5.75 Å². The van der Waals surface area contributed by atoms with Crippen LogP contribution in [0.2, 0.25) is 0 Å². The highest BCUT2D eigenvalue weighted by Crippen LogP contribution is 2.25. The standard InChI is InChI=1S/C15H11N3O4/c1-22-14-6-5-12(18(20)21)8-13(14)15(19)17-11-4-2-3-10(7-11)9-16/h2-8H,1H3,(H,17,19). The molecule has 0 aliphatic rings. The maximum absolute atomic E-state index is 12.3. The fraction of sp³-hybridized carbons (Fsp3) is 0.0667. The van der Waals surface area contributed by atoms with Crippen molar-refractivity contribution < 1.29 is 14.5 Å². The van der Waals surface area contributed by atoms with Crippen LogP contribution in [0, 0.1) is 21.4 Å². The Morgan fingerprint density at radius 2 is 2.09 bits per heavy atom. The molecule has 0 atom stereocenters. The first-order valence-corrected chi connectivity index (χ1v) is 6.19. The molecule has 0 aliphatic heterocycles. The third-order valence-corrected chi connectivity index (χ3v) is 2.89. The third kappa shape index (κ3) is 3.19. The number of nitro groups is 1. The second kappa shape index (κ2) is 6.37. The predicted octanol–water partition coefficient (Wildman–Crippen LogP) is 2.73. The lowest BCUT2D eigenvalue weighted by Gasteiger charge is -2.09. The number of ether oxygens (including phenoxy) is 1. The highest BCUT2D eigenvalue weighted by atomic mass is 16.6. The molecule has 2 rings (SSSR count). The maximum Gasteiger partial charge on any atom is 0.270 e. The van der Waals surface area contributed by atoms with Crippen molar-refractivity contribution in [2.75, 3.05) is 12.4 Å². The van der Waals surface area contributed by atoms with Gasteiger partial charge in [0.15, 0.2) is 0 Å². The van der Waals surface area contributed by atoms with Crippen molar-refractivity contribution in [1.82, 2.24) is 0 Å². The summed E-state index contributed by atoms with van der Waals surface area (Å²) in [5.41, 5.74) is 0.636. The Hall–Kier alpha value is -3.40. The number of carbonyl (C=O) groups excluding carboxylic acids is 1. The normalized spacial score (nSPS) is 9.64. The molecule has 2 aromatic carbocycles. The summed E-state index contributed by atoms with van der Waals surface area (Å²) in [5, 5.41) is 22.2. The SMILES string of the molecule is COc1ccc([N+](=O)[O-])cc1C(=O)Nc1cccc(C#N)c1. The summed E-state index contributed by atoms with van der Waals surface area (Å²) in [4.78, 5) is 22.5. The Balaban J connectivity index is 2.34. The van der Waals surface area contributed by atoms with Gasteiger partial charge in [-0.25, -0.2) is 0 Å². The van der Waals surface area contributed by atoms with E-state index in [0.717, 1.165) is 6.07 Å². The summed E-state index contributed by atoms with van der Waals surface area (Å²) < 4.78 is 5.05. The summed E-state index contributed by atoms with van der Waals surface area (Å²) in [5.74, 6) is -0.338. The summed E-state index contributed by atoms with van der Waals surface area (Å²) in [6, 6.07) is 12.1. The van der Waals surface area contributed by atoms with Gasteiger partial charge >= 0.3 is 0 Å². The number of hydrogen-bond acceptors (Lipinski definition) is 5. The maximum atomic E-state index is 12.3. The molecule has 7 heteroatoms. The van der Waals surface area contributed by atoms with Gasteiger partial charge in [-0.1, -0.05) is 6.07 Å². The molecule has 0 heterocycles. The minimum absolute atomic E-state index is 0.0408. The van der Waals surface area contributed by atoms with E-state index in [1.165, 1.54) is 25.3 Å². The molecule has 110 valence electrons. The van der Waals surface area contributed by atoms with Gasteiger partial charge in [-0.2, -0.15) is 5.26 Å². The predicted molar refractivity (Wildman–Crippen MR) is 78.8 cm³/mol. The molecule has 0 bridgehead atoms. The Morgan fingerprint density at radius 1 is 1.32 bits per heavy atom. The molecule has 1 N–H and O–H groups in total. The molecular weight excluding hydrogens is 286 g/mol. The number of nitrogens with one attached hydrogen (secondary N) is 1. The van der Waals surface area contributed by atoms with Crippen molar-refractivity contribution in [2.24, 2.45) is 0 Å². The van der Waals surface area contributed by atoms with E-state index >= 15 is 0 Å². The molecule has 0 radical (unpaired) electrons. The molecule has 0 aromatic heterocycles. The van der Waals surface area contributed by atoms with E-state index in [1.807, 2.05) is 6.07 Å². The monoisotopic (exact) mass is 297 g/mol. The highest BCUT2D eigenvalue weighted by molar-refractivity contribution is 6.06. The van der Waals surface area contributed by atoms with Gasteiger partial charge in [0.1, 0.15) is 5.75 Å². The average molecular weight is 297 g/mol. The Labute approximate surface area is 125 Å². The number of nitrogens with zero attached hydrogens (tertiary/aromatic N) is 2. The van der Waals surface area contributed by atoms with E-state index in [-0.39, 0.29) is 17.0 Å². The molecule has 0 fully saturated rings. The second-order valence-corrected chi connectivity index (χ2v) is 4.29. The van der Waals surface area contributed by atoms with Crippen molar-refractivity contribution >= 4 is 17.3 Å². The number of anilines is 1. The minimum atomic E-state index is -0.591.